The van der Waals surface area contributed by atoms with E-state index in [1.807, 2.05) is 37.3 Å². The second kappa shape index (κ2) is 11.2. The third-order valence-corrected chi connectivity index (χ3v) is 6.11. The van der Waals surface area contributed by atoms with Crippen molar-refractivity contribution < 1.29 is 18.7 Å². The summed E-state index contributed by atoms with van der Waals surface area (Å²) in [5.74, 6) is 2.83. The fourth-order valence-electron chi connectivity index (χ4n) is 4.26. The van der Waals surface area contributed by atoms with Crippen LogP contribution in [0, 0.1) is 6.92 Å². The zero-order valence-electron chi connectivity index (χ0n) is 20.3. The first-order valence-electron chi connectivity index (χ1n) is 12.0. The Bertz CT molecular complexity index is 1120. The molecule has 3 heterocycles. The lowest BCUT2D eigenvalue weighted by Gasteiger charge is -2.17. The summed E-state index contributed by atoms with van der Waals surface area (Å²) in [4.78, 5) is 19.0. The summed E-state index contributed by atoms with van der Waals surface area (Å²) in [6.45, 7) is 6.45. The largest absolute Gasteiger partial charge is 0.493 e. The van der Waals surface area contributed by atoms with Crippen molar-refractivity contribution in [3.8, 4) is 23.0 Å². The van der Waals surface area contributed by atoms with E-state index in [1.54, 1.807) is 14.2 Å². The van der Waals surface area contributed by atoms with Crippen LogP contribution in [0.1, 0.15) is 31.4 Å². The predicted molar refractivity (Wildman–Crippen MR) is 134 cm³/mol. The Morgan fingerprint density at radius 1 is 1.18 bits per heavy atom. The second-order valence-electron chi connectivity index (χ2n) is 8.59. The van der Waals surface area contributed by atoms with E-state index >= 15 is 0 Å². The summed E-state index contributed by atoms with van der Waals surface area (Å²) >= 11 is 0. The van der Waals surface area contributed by atoms with Gasteiger partial charge in [0.1, 0.15) is 11.5 Å². The Balaban J connectivity index is 1.60. The fourth-order valence-corrected chi connectivity index (χ4v) is 4.26. The number of carbonyl (C=O) groups excluding carboxylic acids is 1. The normalized spacial score (nSPS) is 13.9. The molecular weight excluding hydrogens is 432 g/mol. The number of pyridine rings is 1. The number of likely N-dealkylation sites (tertiary alicyclic amines) is 1. The maximum absolute atomic E-state index is 11.7. The van der Waals surface area contributed by atoms with Crippen LogP contribution in [0.2, 0.25) is 0 Å². The van der Waals surface area contributed by atoms with Crippen molar-refractivity contribution in [2.24, 2.45) is 0 Å². The minimum atomic E-state index is -0.0186. The van der Waals surface area contributed by atoms with Crippen molar-refractivity contribution in [3.63, 3.8) is 0 Å². The van der Waals surface area contributed by atoms with E-state index in [1.165, 1.54) is 25.9 Å². The van der Waals surface area contributed by atoms with Gasteiger partial charge in [-0.05, 0) is 63.5 Å². The van der Waals surface area contributed by atoms with Crippen LogP contribution in [0.4, 0.5) is 5.69 Å². The topological polar surface area (TPSA) is 88.9 Å². The standard InChI is InChI=1S/C26H34N4O4/c1-18-7-8-23(34-18)22-16-20(28-10-9-26(31)27-2)19-15-24(32-3)25(17-21(19)29-22)33-14-6-13-30-11-4-5-12-30/h7-8,15-17H,4-6,9-14H2,1-3H3,(H,27,31)(H,28,29). The molecule has 4 rings (SSSR count). The number of aryl methyl sites for hydroxylation is 1. The molecular formula is C26H34N4O4. The molecule has 0 spiro atoms. The summed E-state index contributed by atoms with van der Waals surface area (Å²) in [7, 11) is 3.28. The average molecular weight is 467 g/mol. The Kier molecular flexibility index (Phi) is 7.90. The van der Waals surface area contributed by atoms with Gasteiger partial charge in [-0.1, -0.05) is 0 Å². The van der Waals surface area contributed by atoms with Gasteiger partial charge in [-0.2, -0.15) is 0 Å². The van der Waals surface area contributed by atoms with Gasteiger partial charge in [0.05, 0.1) is 19.2 Å². The number of amides is 1. The lowest BCUT2D eigenvalue weighted by molar-refractivity contribution is -0.120. The Morgan fingerprint density at radius 2 is 2.00 bits per heavy atom. The SMILES string of the molecule is CNC(=O)CCNc1cc(-c2ccc(C)o2)nc2cc(OCCCN3CCCC3)c(OC)cc12. The lowest BCUT2D eigenvalue weighted by atomic mass is 10.1. The number of nitrogens with zero attached hydrogens (tertiary/aromatic N) is 2. The Hall–Kier alpha value is -3.26. The van der Waals surface area contributed by atoms with Gasteiger partial charge in [-0.25, -0.2) is 4.98 Å². The highest BCUT2D eigenvalue weighted by Gasteiger charge is 2.16. The van der Waals surface area contributed by atoms with Gasteiger partial charge in [-0.3, -0.25) is 4.79 Å². The smallest absolute Gasteiger partial charge is 0.221 e. The van der Waals surface area contributed by atoms with Crippen molar-refractivity contribution >= 4 is 22.5 Å². The van der Waals surface area contributed by atoms with E-state index in [-0.39, 0.29) is 5.91 Å². The van der Waals surface area contributed by atoms with Crippen molar-refractivity contribution in [2.45, 2.75) is 32.6 Å². The summed E-state index contributed by atoms with van der Waals surface area (Å²) in [6.07, 6.45) is 3.92. The molecule has 0 radical (unpaired) electrons. The summed E-state index contributed by atoms with van der Waals surface area (Å²) in [6, 6.07) is 9.64. The molecule has 0 atom stereocenters. The van der Waals surface area contributed by atoms with Crippen molar-refractivity contribution in [2.75, 3.05) is 52.3 Å². The van der Waals surface area contributed by atoms with Gasteiger partial charge in [0.25, 0.3) is 0 Å². The molecule has 1 saturated heterocycles. The maximum Gasteiger partial charge on any atom is 0.221 e. The number of anilines is 1. The quantitative estimate of drug-likeness (QED) is 0.409. The molecule has 1 amide bonds. The Labute approximate surface area is 200 Å². The van der Waals surface area contributed by atoms with Gasteiger partial charge in [-0.15, -0.1) is 0 Å². The van der Waals surface area contributed by atoms with Crippen LogP contribution >= 0.6 is 0 Å². The Morgan fingerprint density at radius 3 is 2.71 bits per heavy atom. The number of methoxy groups -OCH3 is 1. The molecule has 0 bridgehead atoms. The molecule has 1 aromatic carbocycles. The average Bonchev–Trinajstić information content (AvgIpc) is 3.52. The van der Waals surface area contributed by atoms with Crippen molar-refractivity contribution in [3.05, 3.63) is 36.1 Å². The molecule has 3 aromatic rings. The highest BCUT2D eigenvalue weighted by Crippen LogP contribution is 2.37. The van der Waals surface area contributed by atoms with Gasteiger partial charge in [0.2, 0.25) is 5.91 Å². The number of benzene rings is 1. The van der Waals surface area contributed by atoms with Gasteiger partial charge >= 0.3 is 0 Å². The molecule has 0 aliphatic carbocycles. The van der Waals surface area contributed by atoms with Crippen molar-refractivity contribution in [1.82, 2.24) is 15.2 Å². The number of hydrogen-bond donors (Lipinski definition) is 2. The number of carbonyl (C=O) groups is 1. The number of hydrogen-bond acceptors (Lipinski definition) is 7. The van der Waals surface area contributed by atoms with Crippen LogP contribution < -0.4 is 20.1 Å². The van der Waals surface area contributed by atoms with Gasteiger partial charge < -0.3 is 29.4 Å². The minimum absolute atomic E-state index is 0.0186. The number of ether oxygens (including phenoxy) is 2. The van der Waals surface area contributed by atoms with E-state index < -0.39 is 0 Å². The summed E-state index contributed by atoms with van der Waals surface area (Å²) in [5, 5.41) is 6.92. The molecule has 182 valence electrons. The summed E-state index contributed by atoms with van der Waals surface area (Å²) in [5.41, 5.74) is 2.34. The van der Waals surface area contributed by atoms with E-state index in [2.05, 4.69) is 15.5 Å². The van der Waals surface area contributed by atoms with Gasteiger partial charge in [0, 0.05) is 43.7 Å². The second-order valence-corrected chi connectivity index (χ2v) is 8.59. The fraction of sp³-hybridized carbons (Fsp3) is 0.462. The highest BCUT2D eigenvalue weighted by atomic mass is 16.5. The predicted octanol–water partition coefficient (Wildman–Crippen LogP) is 4.22. The number of nitrogens with one attached hydrogen (secondary N) is 2. The third kappa shape index (κ3) is 5.80. The number of fused-ring (bicyclic) bond motifs is 1. The van der Waals surface area contributed by atoms with Crippen LogP contribution in [-0.4, -0.2) is 62.7 Å². The first-order chi connectivity index (χ1) is 16.6. The third-order valence-electron chi connectivity index (χ3n) is 6.11. The minimum Gasteiger partial charge on any atom is -0.493 e. The van der Waals surface area contributed by atoms with Crippen molar-refractivity contribution in [1.29, 1.82) is 0 Å². The summed E-state index contributed by atoms with van der Waals surface area (Å²) < 4.78 is 17.6. The molecule has 1 fully saturated rings. The molecule has 8 heteroatoms. The molecule has 34 heavy (non-hydrogen) atoms. The van der Waals surface area contributed by atoms with Crippen LogP contribution in [0.25, 0.3) is 22.4 Å². The molecule has 0 saturated carbocycles. The molecule has 1 aliphatic rings. The molecule has 2 aromatic heterocycles. The van der Waals surface area contributed by atoms with Crippen LogP contribution in [0.5, 0.6) is 11.5 Å². The zero-order valence-corrected chi connectivity index (χ0v) is 20.3. The van der Waals surface area contributed by atoms with E-state index in [0.29, 0.717) is 42.5 Å². The zero-order chi connectivity index (χ0) is 23.9. The first-order valence-corrected chi connectivity index (χ1v) is 12.0. The molecule has 8 nitrogen and oxygen atoms in total. The van der Waals surface area contributed by atoms with Crippen LogP contribution in [0.15, 0.2) is 34.7 Å². The number of rotatable bonds is 11. The molecule has 1 aliphatic heterocycles. The monoisotopic (exact) mass is 466 g/mol. The molecule has 2 N–H and O–H groups in total. The molecule has 0 unspecified atom stereocenters. The van der Waals surface area contributed by atoms with E-state index in [9.17, 15) is 4.79 Å². The number of furan rings is 1. The van der Waals surface area contributed by atoms with E-state index in [0.717, 1.165) is 35.3 Å². The lowest BCUT2D eigenvalue weighted by Crippen LogP contribution is -2.22. The number of aromatic nitrogens is 1. The van der Waals surface area contributed by atoms with E-state index in [4.69, 9.17) is 18.9 Å². The van der Waals surface area contributed by atoms with Crippen LogP contribution in [-0.2, 0) is 4.79 Å². The first kappa shape index (κ1) is 23.9. The highest BCUT2D eigenvalue weighted by molar-refractivity contribution is 5.95. The maximum atomic E-state index is 11.7. The van der Waals surface area contributed by atoms with Gasteiger partial charge in [0.15, 0.2) is 17.3 Å². The van der Waals surface area contributed by atoms with Crippen LogP contribution in [0.3, 0.4) is 0 Å².